The lowest BCUT2D eigenvalue weighted by Gasteiger charge is -2.12. The van der Waals surface area contributed by atoms with E-state index in [1.54, 1.807) is 0 Å². The van der Waals surface area contributed by atoms with Crippen molar-refractivity contribution in [2.45, 2.75) is 200 Å². The number of rotatable bonds is 32. The van der Waals surface area contributed by atoms with Crippen molar-refractivity contribution >= 4 is 11.9 Å². The van der Waals surface area contributed by atoms with Crippen LogP contribution in [0.1, 0.15) is 194 Å². The molecule has 0 bridgehead atoms. The second-order valence-corrected chi connectivity index (χ2v) is 12.8. The predicted molar refractivity (Wildman–Crippen MR) is 173 cm³/mol. The van der Waals surface area contributed by atoms with Gasteiger partial charge in [-0.1, -0.05) is 168 Å². The van der Waals surface area contributed by atoms with Crippen LogP contribution in [-0.4, -0.2) is 36.4 Å². The predicted octanol–water partition coefficient (Wildman–Crippen LogP) is 10.6. The van der Waals surface area contributed by atoms with Crippen LogP contribution in [0.15, 0.2) is 0 Å². The largest absolute Gasteiger partial charge is 0.463 e. The summed E-state index contributed by atoms with van der Waals surface area (Å²) in [6.07, 6.45) is 31.6. The molecule has 0 saturated heterocycles. The Bertz CT molecular complexity index is 562. The number of hydrogen-bond donors (Lipinski definition) is 1. The second-order valence-electron chi connectivity index (χ2n) is 12.8. The molecule has 5 nitrogen and oxygen atoms in total. The van der Waals surface area contributed by atoms with E-state index in [2.05, 4.69) is 20.8 Å². The van der Waals surface area contributed by atoms with Crippen LogP contribution >= 0.6 is 0 Å². The number of carbonyl (C=O) groups excluding carboxylic acids is 2. The second kappa shape index (κ2) is 31.8. The van der Waals surface area contributed by atoms with Gasteiger partial charge in [-0.25, -0.2) is 0 Å². The van der Waals surface area contributed by atoms with Gasteiger partial charge in [0.1, 0.15) is 19.3 Å². The van der Waals surface area contributed by atoms with Crippen LogP contribution in [0.5, 0.6) is 0 Å². The van der Waals surface area contributed by atoms with E-state index in [0.717, 1.165) is 38.0 Å². The van der Waals surface area contributed by atoms with Crippen LogP contribution in [0.3, 0.4) is 0 Å². The van der Waals surface area contributed by atoms with Crippen molar-refractivity contribution in [1.29, 1.82) is 0 Å². The van der Waals surface area contributed by atoms with Crippen LogP contribution in [0.4, 0.5) is 0 Å². The Kier molecular flexibility index (Phi) is 31.0. The molecule has 1 N–H and O–H groups in total. The standard InChI is InChI=1S/C36H70O5/c1-4-5-6-7-8-9-10-11-12-13-14-15-16-20-23-26-29-35(38)40-31-34(37)32-41-36(39)30-27-24-21-18-17-19-22-25-28-33(2)3/h33-34,37H,4-32H2,1-3H3/t34-/m1/s1. The Hall–Kier alpha value is -1.10. The SMILES string of the molecule is CCCCCCCCCCCCCCCCCCC(=O)OC[C@@H](O)COC(=O)CCCCCCCCCCC(C)C. The van der Waals surface area contributed by atoms with E-state index in [1.165, 1.54) is 128 Å². The quantitative estimate of drug-likeness (QED) is 0.0631. The maximum atomic E-state index is 11.9. The van der Waals surface area contributed by atoms with Crippen LogP contribution in [0.2, 0.25) is 0 Å². The number of aliphatic hydroxyl groups is 1. The number of ether oxygens (including phenoxy) is 2. The summed E-state index contributed by atoms with van der Waals surface area (Å²) in [6, 6.07) is 0. The summed E-state index contributed by atoms with van der Waals surface area (Å²) < 4.78 is 10.3. The summed E-state index contributed by atoms with van der Waals surface area (Å²) >= 11 is 0. The molecule has 0 saturated carbocycles. The highest BCUT2D eigenvalue weighted by Crippen LogP contribution is 2.15. The van der Waals surface area contributed by atoms with E-state index >= 15 is 0 Å². The Balaban J connectivity index is 3.39. The molecular weight excluding hydrogens is 512 g/mol. The molecule has 0 fully saturated rings. The molecule has 0 heterocycles. The van der Waals surface area contributed by atoms with Gasteiger partial charge in [0.15, 0.2) is 0 Å². The summed E-state index contributed by atoms with van der Waals surface area (Å²) in [5.74, 6) is 0.252. The van der Waals surface area contributed by atoms with Crippen LogP contribution in [-0.2, 0) is 19.1 Å². The first-order chi connectivity index (χ1) is 20.0. The van der Waals surface area contributed by atoms with Gasteiger partial charge in [0.05, 0.1) is 0 Å². The van der Waals surface area contributed by atoms with Crippen molar-refractivity contribution in [3.05, 3.63) is 0 Å². The molecule has 0 spiro atoms. The zero-order valence-corrected chi connectivity index (χ0v) is 27.7. The lowest BCUT2D eigenvalue weighted by atomic mass is 10.0. The van der Waals surface area contributed by atoms with Gasteiger partial charge in [0.25, 0.3) is 0 Å². The first-order valence-electron chi connectivity index (χ1n) is 17.9. The van der Waals surface area contributed by atoms with Crippen LogP contribution < -0.4 is 0 Å². The highest BCUT2D eigenvalue weighted by atomic mass is 16.6. The number of esters is 2. The third-order valence-electron chi connectivity index (χ3n) is 8.02. The molecule has 0 rings (SSSR count). The summed E-state index contributed by atoms with van der Waals surface area (Å²) in [4.78, 5) is 23.8. The van der Waals surface area contributed by atoms with E-state index in [9.17, 15) is 14.7 Å². The van der Waals surface area contributed by atoms with Gasteiger partial charge in [0, 0.05) is 12.8 Å². The van der Waals surface area contributed by atoms with Crippen molar-refractivity contribution in [3.63, 3.8) is 0 Å². The summed E-state index contributed by atoms with van der Waals surface area (Å²) in [6.45, 7) is 6.62. The number of unbranched alkanes of at least 4 members (excludes halogenated alkanes) is 22. The van der Waals surface area contributed by atoms with Crippen LogP contribution in [0.25, 0.3) is 0 Å². The van der Waals surface area contributed by atoms with Crippen molar-refractivity contribution in [1.82, 2.24) is 0 Å². The number of aliphatic hydroxyl groups excluding tert-OH is 1. The number of hydrogen-bond acceptors (Lipinski definition) is 5. The summed E-state index contributed by atoms with van der Waals surface area (Å²) in [5, 5.41) is 9.97. The maximum Gasteiger partial charge on any atom is 0.305 e. The smallest absolute Gasteiger partial charge is 0.305 e. The Morgan fingerprint density at radius 1 is 0.488 bits per heavy atom. The van der Waals surface area contributed by atoms with E-state index in [1.807, 2.05) is 0 Å². The first kappa shape index (κ1) is 39.9. The van der Waals surface area contributed by atoms with E-state index in [-0.39, 0.29) is 25.2 Å². The Morgan fingerprint density at radius 2 is 0.780 bits per heavy atom. The van der Waals surface area contributed by atoms with E-state index in [0.29, 0.717) is 12.8 Å². The van der Waals surface area contributed by atoms with Gasteiger partial charge >= 0.3 is 11.9 Å². The molecule has 0 radical (unpaired) electrons. The van der Waals surface area contributed by atoms with Gasteiger partial charge in [-0.05, 0) is 18.8 Å². The molecule has 1 atom stereocenters. The average molecular weight is 583 g/mol. The molecule has 0 aromatic rings. The fourth-order valence-corrected chi connectivity index (χ4v) is 5.27. The highest BCUT2D eigenvalue weighted by molar-refractivity contribution is 5.69. The fourth-order valence-electron chi connectivity index (χ4n) is 5.27. The van der Waals surface area contributed by atoms with Crippen molar-refractivity contribution in [3.8, 4) is 0 Å². The Morgan fingerprint density at radius 3 is 1.10 bits per heavy atom. The minimum atomic E-state index is -0.954. The van der Waals surface area contributed by atoms with Crippen LogP contribution in [0, 0.1) is 5.92 Å². The van der Waals surface area contributed by atoms with Crippen molar-refractivity contribution in [2.24, 2.45) is 5.92 Å². The minimum Gasteiger partial charge on any atom is -0.463 e. The molecule has 0 aliphatic heterocycles. The van der Waals surface area contributed by atoms with Gasteiger partial charge < -0.3 is 14.6 Å². The third-order valence-corrected chi connectivity index (χ3v) is 8.02. The maximum absolute atomic E-state index is 11.9. The van der Waals surface area contributed by atoms with Crippen molar-refractivity contribution < 1.29 is 24.2 Å². The highest BCUT2D eigenvalue weighted by Gasteiger charge is 2.12. The molecule has 0 aromatic heterocycles. The topological polar surface area (TPSA) is 72.8 Å². The van der Waals surface area contributed by atoms with Gasteiger partial charge in [0.2, 0.25) is 0 Å². The summed E-state index contributed by atoms with van der Waals surface area (Å²) in [5.41, 5.74) is 0. The van der Waals surface area contributed by atoms with E-state index < -0.39 is 6.10 Å². The molecular formula is C36H70O5. The lowest BCUT2D eigenvalue weighted by Crippen LogP contribution is -2.25. The molecule has 244 valence electrons. The number of carbonyl (C=O) groups is 2. The molecule has 41 heavy (non-hydrogen) atoms. The normalized spacial score (nSPS) is 12.1. The Labute approximate surface area is 255 Å². The van der Waals surface area contributed by atoms with E-state index in [4.69, 9.17) is 9.47 Å². The van der Waals surface area contributed by atoms with Gasteiger partial charge in [-0.2, -0.15) is 0 Å². The minimum absolute atomic E-state index is 0.109. The molecule has 0 unspecified atom stereocenters. The molecule has 0 aromatic carbocycles. The zero-order valence-electron chi connectivity index (χ0n) is 27.7. The zero-order chi connectivity index (χ0) is 30.2. The lowest BCUT2D eigenvalue weighted by molar-refractivity contribution is -0.152. The molecule has 0 aliphatic carbocycles. The third kappa shape index (κ3) is 33.3. The monoisotopic (exact) mass is 583 g/mol. The molecule has 0 aliphatic rings. The van der Waals surface area contributed by atoms with Gasteiger partial charge in [-0.15, -0.1) is 0 Å². The fraction of sp³-hybridized carbons (Fsp3) is 0.944. The van der Waals surface area contributed by atoms with Gasteiger partial charge in [-0.3, -0.25) is 9.59 Å². The summed E-state index contributed by atoms with van der Waals surface area (Å²) in [7, 11) is 0. The van der Waals surface area contributed by atoms with Crippen molar-refractivity contribution in [2.75, 3.05) is 13.2 Å². The molecule has 5 heteroatoms. The average Bonchev–Trinajstić information content (AvgIpc) is 2.95. The molecule has 0 amide bonds. The first-order valence-corrected chi connectivity index (χ1v) is 17.9.